The van der Waals surface area contributed by atoms with Gasteiger partial charge in [0.15, 0.2) is 5.78 Å². The third kappa shape index (κ3) is 5.87. The van der Waals surface area contributed by atoms with Crippen molar-refractivity contribution in [1.29, 1.82) is 0 Å². The van der Waals surface area contributed by atoms with Crippen LogP contribution in [-0.2, 0) is 15.6 Å². The van der Waals surface area contributed by atoms with Crippen molar-refractivity contribution < 1.29 is 13.7 Å². The highest BCUT2D eigenvalue weighted by Gasteiger charge is 2.16. The lowest BCUT2D eigenvalue weighted by Gasteiger charge is -2.09. The molecule has 146 valence electrons. The standard InChI is InChI=1S/C25H22O3S/c1-20(26)25(29(27)23-15-6-3-7-16-23)19-22-14-8-9-17-24(22)28-18-10-13-21-11-4-2-5-12-21/h2-17,19H,18H2,1H3/b13-10-,25-19-. The molecule has 1 unspecified atom stereocenters. The van der Waals surface area contributed by atoms with Crippen LogP contribution >= 0.6 is 0 Å². The average molecular weight is 403 g/mol. The number of carbonyl (C=O) groups excluding carboxylic acids is 1. The summed E-state index contributed by atoms with van der Waals surface area (Å²) < 4.78 is 18.8. The van der Waals surface area contributed by atoms with Crippen LogP contribution in [0.25, 0.3) is 12.2 Å². The number of allylic oxidation sites excluding steroid dienone is 1. The number of hydrogen-bond acceptors (Lipinski definition) is 3. The van der Waals surface area contributed by atoms with E-state index in [9.17, 15) is 9.00 Å². The van der Waals surface area contributed by atoms with Gasteiger partial charge in [0.1, 0.15) is 12.4 Å². The van der Waals surface area contributed by atoms with Gasteiger partial charge in [0.2, 0.25) is 0 Å². The molecular formula is C25H22O3S. The summed E-state index contributed by atoms with van der Waals surface area (Å²) in [6.45, 7) is 1.82. The lowest BCUT2D eigenvalue weighted by molar-refractivity contribution is -0.112. The Balaban J connectivity index is 1.80. The minimum absolute atomic E-state index is 0.231. The highest BCUT2D eigenvalue weighted by Crippen LogP contribution is 2.24. The van der Waals surface area contributed by atoms with Gasteiger partial charge in [-0.3, -0.25) is 4.79 Å². The van der Waals surface area contributed by atoms with Crippen molar-refractivity contribution in [3.8, 4) is 5.75 Å². The Hall–Kier alpha value is -3.24. The summed E-state index contributed by atoms with van der Waals surface area (Å²) in [7, 11) is -1.55. The van der Waals surface area contributed by atoms with Gasteiger partial charge in [0.25, 0.3) is 0 Å². The van der Waals surface area contributed by atoms with Crippen molar-refractivity contribution in [1.82, 2.24) is 0 Å². The first kappa shape index (κ1) is 20.5. The fourth-order valence-corrected chi connectivity index (χ4v) is 3.87. The predicted octanol–water partition coefficient (Wildman–Crippen LogP) is 5.52. The van der Waals surface area contributed by atoms with Crippen LogP contribution in [0.4, 0.5) is 0 Å². The monoisotopic (exact) mass is 402 g/mol. The van der Waals surface area contributed by atoms with E-state index in [-0.39, 0.29) is 10.7 Å². The van der Waals surface area contributed by atoms with Gasteiger partial charge < -0.3 is 4.74 Å². The molecule has 29 heavy (non-hydrogen) atoms. The molecule has 0 spiro atoms. The maximum atomic E-state index is 12.9. The predicted molar refractivity (Wildman–Crippen MR) is 119 cm³/mol. The van der Waals surface area contributed by atoms with Crippen LogP contribution in [-0.4, -0.2) is 16.6 Å². The molecule has 3 rings (SSSR count). The number of para-hydroxylation sites is 1. The summed E-state index contributed by atoms with van der Waals surface area (Å²) in [5.41, 5.74) is 1.82. The molecule has 0 amide bonds. The smallest absolute Gasteiger partial charge is 0.169 e. The molecule has 0 heterocycles. The van der Waals surface area contributed by atoms with Crippen molar-refractivity contribution >= 4 is 28.7 Å². The molecule has 0 saturated heterocycles. The molecule has 0 saturated carbocycles. The third-order valence-corrected chi connectivity index (χ3v) is 5.66. The molecule has 0 bridgehead atoms. The van der Waals surface area contributed by atoms with Crippen LogP contribution < -0.4 is 4.74 Å². The van der Waals surface area contributed by atoms with E-state index < -0.39 is 10.8 Å². The molecule has 0 fully saturated rings. The van der Waals surface area contributed by atoms with Gasteiger partial charge in [-0.05, 0) is 42.8 Å². The van der Waals surface area contributed by atoms with Gasteiger partial charge in [0.05, 0.1) is 15.7 Å². The fraction of sp³-hybridized carbons (Fsp3) is 0.0800. The van der Waals surface area contributed by atoms with Crippen LogP contribution in [0.2, 0.25) is 0 Å². The van der Waals surface area contributed by atoms with Crippen LogP contribution in [0.3, 0.4) is 0 Å². The van der Waals surface area contributed by atoms with Gasteiger partial charge >= 0.3 is 0 Å². The molecular weight excluding hydrogens is 380 g/mol. The number of Topliss-reactive ketones (excluding diaryl/α,β-unsaturated/α-hetero) is 1. The van der Waals surface area contributed by atoms with Gasteiger partial charge in [-0.1, -0.05) is 72.8 Å². The highest BCUT2D eigenvalue weighted by atomic mass is 32.2. The molecule has 3 nitrogen and oxygen atoms in total. The summed E-state index contributed by atoms with van der Waals surface area (Å²) >= 11 is 0. The van der Waals surface area contributed by atoms with E-state index in [1.807, 2.05) is 72.8 Å². The Morgan fingerprint density at radius 2 is 1.52 bits per heavy atom. The first-order chi connectivity index (χ1) is 14.1. The largest absolute Gasteiger partial charge is 0.489 e. The molecule has 1 atom stereocenters. The minimum atomic E-state index is -1.55. The zero-order valence-electron chi connectivity index (χ0n) is 16.2. The van der Waals surface area contributed by atoms with Crippen molar-refractivity contribution in [3.05, 3.63) is 107 Å². The normalized spacial score (nSPS) is 12.7. The second kappa shape index (κ2) is 10.3. The molecule has 0 aliphatic heterocycles. The average Bonchev–Trinajstić information content (AvgIpc) is 2.76. The Morgan fingerprint density at radius 3 is 2.21 bits per heavy atom. The van der Waals surface area contributed by atoms with E-state index in [4.69, 9.17) is 4.74 Å². The summed E-state index contributed by atoms with van der Waals surface area (Å²) in [4.78, 5) is 13.0. The maximum Gasteiger partial charge on any atom is 0.169 e. The van der Waals surface area contributed by atoms with Gasteiger partial charge in [-0.15, -0.1) is 0 Å². The number of ether oxygens (including phenoxy) is 1. The number of carbonyl (C=O) groups is 1. The van der Waals surface area contributed by atoms with E-state index in [0.717, 1.165) is 11.1 Å². The summed E-state index contributed by atoms with van der Waals surface area (Å²) in [6.07, 6.45) is 5.58. The number of hydrogen-bond donors (Lipinski definition) is 0. The molecule has 3 aromatic carbocycles. The molecule has 4 heteroatoms. The second-order valence-corrected chi connectivity index (χ2v) is 7.76. The molecule has 0 aromatic heterocycles. The number of benzene rings is 3. The van der Waals surface area contributed by atoms with Crippen molar-refractivity contribution in [3.63, 3.8) is 0 Å². The zero-order valence-corrected chi connectivity index (χ0v) is 17.0. The van der Waals surface area contributed by atoms with Gasteiger partial charge in [-0.25, -0.2) is 4.21 Å². The Labute approximate surface area is 173 Å². The topological polar surface area (TPSA) is 43.4 Å². The quantitative estimate of drug-likeness (QED) is 0.466. The van der Waals surface area contributed by atoms with Gasteiger partial charge in [-0.2, -0.15) is 0 Å². The molecule has 0 N–H and O–H groups in total. The Bertz CT molecular complexity index is 1040. The molecule has 0 aliphatic rings. The minimum Gasteiger partial charge on any atom is -0.489 e. The van der Waals surface area contributed by atoms with Crippen LogP contribution in [0, 0.1) is 0 Å². The lowest BCUT2D eigenvalue weighted by atomic mass is 10.1. The van der Waals surface area contributed by atoms with E-state index in [1.165, 1.54) is 6.92 Å². The first-order valence-corrected chi connectivity index (χ1v) is 10.4. The lowest BCUT2D eigenvalue weighted by Crippen LogP contribution is -2.05. The summed E-state index contributed by atoms with van der Waals surface area (Å²) in [5.74, 6) is 0.403. The Morgan fingerprint density at radius 1 is 0.897 bits per heavy atom. The molecule has 0 radical (unpaired) electrons. The fourth-order valence-electron chi connectivity index (χ4n) is 2.72. The van der Waals surface area contributed by atoms with Crippen molar-refractivity contribution in [2.75, 3.05) is 6.61 Å². The summed E-state index contributed by atoms with van der Waals surface area (Å²) in [6, 6.07) is 26.4. The van der Waals surface area contributed by atoms with Crippen LogP contribution in [0.1, 0.15) is 18.1 Å². The Kier molecular flexibility index (Phi) is 7.31. The van der Waals surface area contributed by atoms with E-state index >= 15 is 0 Å². The van der Waals surface area contributed by atoms with Gasteiger partial charge in [0, 0.05) is 10.5 Å². The maximum absolute atomic E-state index is 12.9. The molecule has 3 aromatic rings. The zero-order chi connectivity index (χ0) is 20.5. The van der Waals surface area contributed by atoms with Crippen molar-refractivity contribution in [2.45, 2.75) is 11.8 Å². The van der Waals surface area contributed by atoms with E-state index in [2.05, 4.69) is 0 Å². The second-order valence-electron chi connectivity index (χ2n) is 6.31. The highest BCUT2D eigenvalue weighted by molar-refractivity contribution is 7.90. The molecule has 0 aliphatic carbocycles. The van der Waals surface area contributed by atoms with E-state index in [0.29, 0.717) is 17.3 Å². The van der Waals surface area contributed by atoms with E-state index in [1.54, 1.807) is 30.3 Å². The first-order valence-electron chi connectivity index (χ1n) is 9.28. The van der Waals surface area contributed by atoms with Crippen LogP contribution in [0.5, 0.6) is 5.75 Å². The SMILES string of the molecule is CC(=O)/C(=C/c1ccccc1OC/C=C\c1ccccc1)S(=O)c1ccccc1. The van der Waals surface area contributed by atoms with Crippen LogP contribution in [0.15, 0.2) is 101 Å². The number of rotatable bonds is 8. The van der Waals surface area contributed by atoms with Crippen molar-refractivity contribution in [2.24, 2.45) is 0 Å². The summed E-state index contributed by atoms with van der Waals surface area (Å²) in [5, 5.41) is 0. The third-order valence-electron chi connectivity index (χ3n) is 4.15. The number of ketones is 1.